The molecular weight excluding hydrogens is 154 g/mol. The predicted octanol–water partition coefficient (Wildman–Crippen LogP) is 0.593. The highest BCUT2D eigenvalue weighted by Gasteiger charge is 1.98. The van der Waals surface area contributed by atoms with E-state index in [9.17, 15) is 4.79 Å². The Morgan fingerprint density at radius 1 is 1.33 bits per heavy atom. The molecule has 3 heteroatoms. The third-order valence-corrected chi connectivity index (χ3v) is 1.37. The monoisotopic (exact) mass is 165 g/mol. The van der Waals surface area contributed by atoms with Crippen molar-refractivity contribution in [3.8, 4) is 5.75 Å². The van der Waals surface area contributed by atoms with E-state index < -0.39 is 0 Å². The molecule has 0 heterocycles. The first-order valence-electron chi connectivity index (χ1n) is 3.72. The Morgan fingerprint density at radius 2 is 2.00 bits per heavy atom. The lowest BCUT2D eigenvalue weighted by Gasteiger charge is -2.02. The molecule has 3 nitrogen and oxygen atoms in total. The fourth-order valence-electron chi connectivity index (χ4n) is 0.739. The molecule has 1 rings (SSSR count). The van der Waals surface area contributed by atoms with Gasteiger partial charge in [0.05, 0.1) is 6.54 Å². The van der Waals surface area contributed by atoms with E-state index in [2.05, 4.69) is 0 Å². The zero-order chi connectivity index (χ0) is 8.81. The number of nitrogens with two attached hydrogens (primary N) is 1. The van der Waals surface area contributed by atoms with Crippen molar-refractivity contribution in [2.75, 3.05) is 13.2 Å². The van der Waals surface area contributed by atoms with Gasteiger partial charge in [-0.25, -0.2) is 0 Å². The number of Topliss-reactive ketones (excluding diaryl/α,β-unsaturated/α-hetero) is 1. The van der Waals surface area contributed by atoms with Crippen molar-refractivity contribution in [3.05, 3.63) is 30.3 Å². The molecule has 0 fully saturated rings. The number of ketones is 1. The molecule has 0 bridgehead atoms. The Hall–Kier alpha value is -1.35. The van der Waals surface area contributed by atoms with Crippen LogP contribution < -0.4 is 10.5 Å². The Balaban J connectivity index is 2.38. The number of ether oxygens (including phenoxy) is 1. The van der Waals surface area contributed by atoms with E-state index in [-0.39, 0.29) is 18.9 Å². The maximum atomic E-state index is 10.7. The fourth-order valence-corrected chi connectivity index (χ4v) is 0.739. The average molecular weight is 165 g/mol. The maximum absolute atomic E-state index is 10.7. The maximum Gasteiger partial charge on any atom is 0.183 e. The van der Waals surface area contributed by atoms with Crippen molar-refractivity contribution >= 4 is 5.78 Å². The first-order chi connectivity index (χ1) is 5.83. The van der Waals surface area contributed by atoms with Crippen LogP contribution in [0.3, 0.4) is 0 Å². The number of rotatable bonds is 4. The number of benzene rings is 1. The Bertz CT molecular complexity index is 246. The first kappa shape index (κ1) is 8.74. The van der Waals surface area contributed by atoms with Crippen LogP contribution in [0, 0.1) is 0 Å². The number of para-hydroxylation sites is 1. The van der Waals surface area contributed by atoms with E-state index in [4.69, 9.17) is 10.5 Å². The molecule has 0 aliphatic carbocycles. The van der Waals surface area contributed by atoms with Crippen molar-refractivity contribution in [3.63, 3.8) is 0 Å². The van der Waals surface area contributed by atoms with Crippen molar-refractivity contribution in [1.29, 1.82) is 0 Å². The predicted molar refractivity (Wildman–Crippen MR) is 46.0 cm³/mol. The van der Waals surface area contributed by atoms with Gasteiger partial charge < -0.3 is 10.5 Å². The second-order valence-corrected chi connectivity index (χ2v) is 2.34. The molecule has 0 spiro atoms. The minimum atomic E-state index is -0.0983. The molecule has 12 heavy (non-hydrogen) atoms. The van der Waals surface area contributed by atoms with Gasteiger partial charge in [0.2, 0.25) is 0 Å². The van der Waals surface area contributed by atoms with Crippen LogP contribution in [0.4, 0.5) is 0 Å². The molecule has 1 aromatic rings. The zero-order valence-corrected chi connectivity index (χ0v) is 6.69. The molecule has 0 radical (unpaired) electrons. The molecule has 2 N–H and O–H groups in total. The second-order valence-electron chi connectivity index (χ2n) is 2.34. The molecule has 0 aliphatic heterocycles. The third-order valence-electron chi connectivity index (χ3n) is 1.37. The minimum absolute atomic E-state index is 0.0346. The van der Waals surface area contributed by atoms with E-state index in [1.807, 2.05) is 18.2 Å². The quantitative estimate of drug-likeness (QED) is 0.710. The molecule has 0 amide bonds. The summed E-state index contributed by atoms with van der Waals surface area (Å²) in [6, 6.07) is 9.18. The number of carbonyl (C=O) groups is 1. The molecule has 64 valence electrons. The Kier molecular flexibility index (Phi) is 3.29. The molecule has 0 aliphatic rings. The summed E-state index contributed by atoms with van der Waals surface area (Å²) in [6.45, 7) is 0.0906. The summed E-state index contributed by atoms with van der Waals surface area (Å²) < 4.78 is 5.13. The van der Waals surface area contributed by atoms with Crippen LogP contribution >= 0.6 is 0 Å². The van der Waals surface area contributed by atoms with Gasteiger partial charge in [-0.1, -0.05) is 18.2 Å². The van der Waals surface area contributed by atoms with Gasteiger partial charge in [0.15, 0.2) is 5.78 Å². The van der Waals surface area contributed by atoms with E-state index in [0.29, 0.717) is 5.75 Å². The SMILES string of the molecule is NCC(=O)COc1ccccc1. The van der Waals surface area contributed by atoms with Gasteiger partial charge in [-0.15, -0.1) is 0 Å². The summed E-state index contributed by atoms with van der Waals surface area (Å²) in [6.07, 6.45) is 0. The van der Waals surface area contributed by atoms with Crippen LogP contribution in [0.15, 0.2) is 30.3 Å². The summed E-state index contributed by atoms with van der Waals surface area (Å²) in [5.41, 5.74) is 5.11. The highest BCUT2D eigenvalue weighted by molar-refractivity contribution is 5.81. The van der Waals surface area contributed by atoms with Gasteiger partial charge in [-0.3, -0.25) is 4.79 Å². The third kappa shape index (κ3) is 2.72. The van der Waals surface area contributed by atoms with Gasteiger partial charge >= 0.3 is 0 Å². The Labute approximate surface area is 71.1 Å². The highest BCUT2D eigenvalue weighted by atomic mass is 16.5. The highest BCUT2D eigenvalue weighted by Crippen LogP contribution is 2.07. The summed E-state index contributed by atoms with van der Waals surface area (Å²) >= 11 is 0. The van der Waals surface area contributed by atoms with Crippen LogP contribution in [-0.2, 0) is 4.79 Å². The number of carbonyl (C=O) groups excluding carboxylic acids is 1. The zero-order valence-electron chi connectivity index (χ0n) is 6.69. The summed E-state index contributed by atoms with van der Waals surface area (Å²) in [5.74, 6) is 0.596. The van der Waals surface area contributed by atoms with Gasteiger partial charge in [0.1, 0.15) is 12.4 Å². The van der Waals surface area contributed by atoms with Crippen molar-refractivity contribution in [1.82, 2.24) is 0 Å². The normalized spacial score (nSPS) is 9.42. The fraction of sp³-hybridized carbons (Fsp3) is 0.222. The standard InChI is InChI=1S/C9H11NO2/c10-6-8(11)7-12-9-4-2-1-3-5-9/h1-5H,6-7,10H2. The van der Waals surface area contributed by atoms with E-state index in [1.165, 1.54) is 0 Å². The second kappa shape index (κ2) is 4.51. The van der Waals surface area contributed by atoms with Crippen LogP contribution in [-0.4, -0.2) is 18.9 Å². The molecule has 0 saturated heterocycles. The molecule has 0 saturated carbocycles. The summed E-state index contributed by atoms with van der Waals surface area (Å²) in [5, 5.41) is 0. The van der Waals surface area contributed by atoms with Crippen molar-refractivity contribution in [2.45, 2.75) is 0 Å². The molecule has 0 atom stereocenters. The van der Waals surface area contributed by atoms with Crippen LogP contribution in [0.5, 0.6) is 5.75 Å². The smallest absolute Gasteiger partial charge is 0.183 e. The summed E-state index contributed by atoms with van der Waals surface area (Å²) in [4.78, 5) is 10.7. The van der Waals surface area contributed by atoms with E-state index in [0.717, 1.165) is 0 Å². The minimum Gasteiger partial charge on any atom is -0.486 e. The molecule has 0 aromatic heterocycles. The molecular formula is C9H11NO2. The van der Waals surface area contributed by atoms with Crippen molar-refractivity contribution in [2.24, 2.45) is 5.73 Å². The first-order valence-corrected chi connectivity index (χ1v) is 3.72. The van der Waals surface area contributed by atoms with Gasteiger partial charge in [-0.05, 0) is 12.1 Å². The topological polar surface area (TPSA) is 52.3 Å². The van der Waals surface area contributed by atoms with Gasteiger partial charge in [-0.2, -0.15) is 0 Å². The summed E-state index contributed by atoms with van der Waals surface area (Å²) in [7, 11) is 0. The van der Waals surface area contributed by atoms with E-state index >= 15 is 0 Å². The van der Waals surface area contributed by atoms with Gasteiger partial charge in [0.25, 0.3) is 0 Å². The lowest BCUT2D eigenvalue weighted by Crippen LogP contribution is -2.20. The average Bonchev–Trinajstić information content (AvgIpc) is 2.16. The van der Waals surface area contributed by atoms with Crippen LogP contribution in [0.2, 0.25) is 0 Å². The lowest BCUT2D eigenvalue weighted by atomic mass is 10.3. The number of hydrogen-bond donors (Lipinski definition) is 1. The molecule has 0 unspecified atom stereocenters. The number of hydrogen-bond acceptors (Lipinski definition) is 3. The lowest BCUT2D eigenvalue weighted by molar-refractivity contribution is -0.119. The van der Waals surface area contributed by atoms with Crippen molar-refractivity contribution < 1.29 is 9.53 Å². The van der Waals surface area contributed by atoms with Crippen LogP contribution in [0.1, 0.15) is 0 Å². The van der Waals surface area contributed by atoms with Gasteiger partial charge in [0, 0.05) is 0 Å². The largest absolute Gasteiger partial charge is 0.486 e. The van der Waals surface area contributed by atoms with Crippen LogP contribution in [0.25, 0.3) is 0 Å². The van der Waals surface area contributed by atoms with E-state index in [1.54, 1.807) is 12.1 Å². The Morgan fingerprint density at radius 3 is 2.58 bits per heavy atom. The molecule has 1 aromatic carbocycles.